The molecule has 0 amide bonds. The lowest BCUT2D eigenvalue weighted by atomic mass is 10.1. The summed E-state index contributed by atoms with van der Waals surface area (Å²) >= 11 is 0. The monoisotopic (exact) mass is 244 g/mol. The average molecular weight is 244 g/mol. The number of hydrogen-bond acceptors (Lipinski definition) is 4. The number of anilines is 1. The van der Waals surface area contributed by atoms with Crippen molar-refractivity contribution in [3.8, 4) is 12.3 Å². The summed E-state index contributed by atoms with van der Waals surface area (Å²) in [6.45, 7) is 8.36. The summed E-state index contributed by atoms with van der Waals surface area (Å²) in [6.07, 6.45) is 5.44. The highest BCUT2D eigenvalue weighted by molar-refractivity contribution is 5.43. The van der Waals surface area contributed by atoms with Crippen LogP contribution in [0.2, 0.25) is 0 Å². The van der Waals surface area contributed by atoms with E-state index in [2.05, 4.69) is 52.6 Å². The van der Waals surface area contributed by atoms with Crippen LogP contribution in [0, 0.1) is 12.3 Å². The maximum atomic E-state index is 5.44. The van der Waals surface area contributed by atoms with Crippen LogP contribution in [0.4, 0.5) is 5.82 Å². The molecule has 0 N–H and O–H groups in total. The summed E-state index contributed by atoms with van der Waals surface area (Å²) in [4.78, 5) is 13.4. The Kier molecular flexibility index (Phi) is 3.83. The first-order valence-corrected chi connectivity index (χ1v) is 6.39. The van der Waals surface area contributed by atoms with Gasteiger partial charge < -0.3 is 9.80 Å². The minimum atomic E-state index is 0.367. The molecule has 18 heavy (non-hydrogen) atoms. The molecule has 1 fully saturated rings. The van der Waals surface area contributed by atoms with E-state index in [9.17, 15) is 0 Å². The van der Waals surface area contributed by atoms with E-state index in [1.807, 2.05) is 0 Å². The Morgan fingerprint density at radius 2 is 1.89 bits per heavy atom. The Labute approximate surface area is 109 Å². The van der Waals surface area contributed by atoms with Crippen molar-refractivity contribution in [2.24, 2.45) is 0 Å². The number of aromatic nitrogens is 2. The standard InChI is InChI=1S/C14H20N4/c1-5-13-15-12(11(2)3)10-14(16-13)18-8-6-17(4)7-9-18/h1,10-11H,6-9H2,2-4H3. The lowest BCUT2D eigenvalue weighted by Gasteiger charge is -2.33. The average Bonchev–Trinajstić information content (AvgIpc) is 2.39. The van der Waals surface area contributed by atoms with E-state index in [-0.39, 0.29) is 0 Å². The van der Waals surface area contributed by atoms with Gasteiger partial charge in [0.2, 0.25) is 5.82 Å². The van der Waals surface area contributed by atoms with Crippen molar-refractivity contribution in [1.29, 1.82) is 0 Å². The number of likely N-dealkylation sites (N-methyl/N-ethyl adjacent to an activating group) is 1. The van der Waals surface area contributed by atoms with Gasteiger partial charge in [-0.2, -0.15) is 0 Å². The Bertz CT molecular complexity index is 453. The van der Waals surface area contributed by atoms with Crippen molar-refractivity contribution < 1.29 is 0 Å². The Balaban J connectivity index is 2.27. The number of nitrogens with zero attached hydrogens (tertiary/aromatic N) is 4. The molecule has 2 heterocycles. The van der Waals surface area contributed by atoms with Crippen LogP contribution < -0.4 is 4.90 Å². The predicted octanol–water partition coefficient (Wildman–Crippen LogP) is 1.33. The fourth-order valence-electron chi connectivity index (χ4n) is 2.01. The second kappa shape index (κ2) is 5.36. The maximum absolute atomic E-state index is 5.44. The molecular formula is C14H20N4. The van der Waals surface area contributed by atoms with Gasteiger partial charge >= 0.3 is 0 Å². The zero-order valence-corrected chi connectivity index (χ0v) is 11.3. The van der Waals surface area contributed by atoms with Crippen molar-refractivity contribution in [3.05, 3.63) is 17.6 Å². The number of terminal acetylenes is 1. The van der Waals surface area contributed by atoms with Gasteiger partial charge in [0.1, 0.15) is 5.82 Å². The van der Waals surface area contributed by atoms with E-state index in [1.165, 1.54) is 0 Å². The van der Waals surface area contributed by atoms with Gasteiger partial charge in [-0.1, -0.05) is 13.8 Å². The molecule has 0 unspecified atom stereocenters. The molecule has 96 valence electrons. The molecule has 0 aromatic carbocycles. The highest BCUT2D eigenvalue weighted by Gasteiger charge is 2.17. The summed E-state index contributed by atoms with van der Waals surface area (Å²) in [5.41, 5.74) is 1.02. The minimum absolute atomic E-state index is 0.367. The lowest BCUT2D eigenvalue weighted by molar-refractivity contribution is 0.312. The summed E-state index contributed by atoms with van der Waals surface area (Å²) in [5.74, 6) is 4.38. The molecule has 0 aliphatic carbocycles. The first-order chi connectivity index (χ1) is 8.60. The lowest BCUT2D eigenvalue weighted by Crippen LogP contribution is -2.45. The molecular weight excluding hydrogens is 224 g/mol. The fraction of sp³-hybridized carbons (Fsp3) is 0.571. The van der Waals surface area contributed by atoms with Crippen molar-refractivity contribution >= 4 is 5.82 Å². The van der Waals surface area contributed by atoms with Crippen LogP contribution in [-0.4, -0.2) is 48.1 Å². The van der Waals surface area contributed by atoms with Gasteiger partial charge in [-0.3, -0.25) is 0 Å². The molecule has 4 nitrogen and oxygen atoms in total. The van der Waals surface area contributed by atoms with Crippen LogP contribution in [0.5, 0.6) is 0 Å². The van der Waals surface area contributed by atoms with Gasteiger partial charge in [0, 0.05) is 37.9 Å². The van der Waals surface area contributed by atoms with Gasteiger partial charge in [0.25, 0.3) is 0 Å². The Morgan fingerprint density at radius 3 is 2.44 bits per heavy atom. The molecule has 1 aromatic heterocycles. The molecule has 1 aliphatic heterocycles. The summed E-state index contributed by atoms with van der Waals surface area (Å²) in [6, 6.07) is 2.07. The van der Waals surface area contributed by atoms with E-state index in [0.717, 1.165) is 37.7 Å². The zero-order valence-electron chi connectivity index (χ0n) is 11.3. The largest absolute Gasteiger partial charge is 0.354 e. The fourth-order valence-corrected chi connectivity index (χ4v) is 2.01. The van der Waals surface area contributed by atoms with E-state index in [4.69, 9.17) is 6.42 Å². The second-order valence-electron chi connectivity index (χ2n) is 5.06. The maximum Gasteiger partial charge on any atom is 0.206 e. The first-order valence-electron chi connectivity index (χ1n) is 6.39. The third kappa shape index (κ3) is 2.80. The zero-order chi connectivity index (χ0) is 13.1. The smallest absolute Gasteiger partial charge is 0.206 e. The predicted molar refractivity (Wildman–Crippen MR) is 73.8 cm³/mol. The number of rotatable bonds is 2. The first kappa shape index (κ1) is 12.8. The molecule has 0 spiro atoms. The van der Waals surface area contributed by atoms with Crippen LogP contribution in [0.1, 0.15) is 31.3 Å². The second-order valence-corrected chi connectivity index (χ2v) is 5.06. The van der Waals surface area contributed by atoms with Crippen molar-refractivity contribution in [2.45, 2.75) is 19.8 Å². The highest BCUT2D eigenvalue weighted by Crippen LogP contribution is 2.19. The molecule has 1 saturated heterocycles. The Hall–Kier alpha value is -1.60. The third-order valence-electron chi connectivity index (χ3n) is 3.28. The van der Waals surface area contributed by atoms with Crippen molar-refractivity contribution in [1.82, 2.24) is 14.9 Å². The van der Waals surface area contributed by atoms with Crippen LogP contribution >= 0.6 is 0 Å². The van der Waals surface area contributed by atoms with E-state index in [1.54, 1.807) is 0 Å². The molecule has 0 radical (unpaired) electrons. The minimum Gasteiger partial charge on any atom is -0.354 e. The van der Waals surface area contributed by atoms with Gasteiger partial charge in [-0.15, -0.1) is 6.42 Å². The van der Waals surface area contributed by atoms with Crippen molar-refractivity contribution in [3.63, 3.8) is 0 Å². The summed E-state index contributed by atoms with van der Waals surface area (Å²) < 4.78 is 0. The van der Waals surface area contributed by atoms with Crippen molar-refractivity contribution in [2.75, 3.05) is 38.1 Å². The van der Waals surface area contributed by atoms with Gasteiger partial charge in [0.05, 0.1) is 0 Å². The van der Waals surface area contributed by atoms with Crippen LogP contribution in [0.3, 0.4) is 0 Å². The van der Waals surface area contributed by atoms with Gasteiger partial charge in [-0.05, 0) is 18.9 Å². The van der Waals surface area contributed by atoms with Crippen LogP contribution in [0.25, 0.3) is 0 Å². The summed E-state index contributed by atoms with van der Waals surface area (Å²) in [7, 11) is 2.14. The van der Waals surface area contributed by atoms with Crippen LogP contribution in [0.15, 0.2) is 6.07 Å². The molecule has 0 atom stereocenters. The molecule has 2 rings (SSSR count). The quantitative estimate of drug-likeness (QED) is 0.735. The van der Waals surface area contributed by atoms with Gasteiger partial charge in [-0.25, -0.2) is 9.97 Å². The highest BCUT2D eigenvalue weighted by atomic mass is 15.3. The molecule has 0 saturated carbocycles. The van der Waals surface area contributed by atoms with Crippen LogP contribution in [-0.2, 0) is 0 Å². The third-order valence-corrected chi connectivity index (χ3v) is 3.28. The molecule has 4 heteroatoms. The normalized spacial score (nSPS) is 16.9. The Morgan fingerprint density at radius 1 is 1.22 bits per heavy atom. The topological polar surface area (TPSA) is 32.3 Å². The molecule has 0 bridgehead atoms. The molecule has 1 aliphatic rings. The molecule has 1 aromatic rings. The number of piperazine rings is 1. The van der Waals surface area contributed by atoms with E-state index >= 15 is 0 Å². The van der Waals surface area contributed by atoms with E-state index in [0.29, 0.717) is 11.7 Å². The van der Waals surface area contributed by atoms with Gasteiger partial charge in [0.15, 0.2) is 0 Å². The summed E-state index contributed by atoms with van der Waals surface area (Å²) in [5, 5.41) is 0. The number of hydrogen-bond donors (Lipinski definition) is 0. The SMILES string of the molecule is C#Cc1nc(C(C)C)cc(N2CCN(C)CC2)n1. The van der Waals surface area contributed by atoms with E-state index < -0.39 is 0 Å².